The first-order valence-electron chi connectivity index (χ1n) is 5.69. The Kier molecular flexibility index (Phi) is 3.46. The molecule has 0 amide bonds. The first-order valence-corrected chi connectivity index (χ1v) is 5.69. The maximum atomic E-state index is 5.42. The van der Waals surface area contributed by atoms with Crippen LogP contribution in [0.1, 0.15) is 11.1 Å². The average Bonchev–Trinajstić information content (AvgIpc) is 2.41. The number of hydrogen-bond acceptors (Lipinski definition) is 4. The van der Waals surface area contributed by atoms with Crippen molar-refractivity contribution in [2.24, 2.45) is 0 Å². The van der Waals surface area contributed by atoms with Crippen LogP contribution in [-0.2, 0) is 0 Å². The van der Waals surface area contributed by atoms with E-state index in [-0.39, 0.29) is 0 Å². The lowest BCUT2D eigenvalue weighted by Crippen LogP contribution is -1.98. The summed E-state index contributed by atoms with van der Waals surface area (Å²) < 4.78 is 10.7. The van der Waals surface area contributed by atoms with Gasteiger partial charge in [-0.25, -0.2) is 0 Å². The summed E-state index contributed by atoms with van der Waals surface area (Å²) in [4.78, 5) is 0. The van der Waals surface area contributed by atoms with Crippen LogP contribution in [0.4, 0.5) is 0 Å². The lowest BCUT2D eigenvalue weighted by atomic mass is 10.0. The smallest absolute Gasteiger partial charge is 0.170 e. The Morgan fingerprint density at radius 1 is 1.06 bits per heavy atom. The van der Waals surface area contributed by atoms with Crippen molar-refractivity contribution < 1.29 is 9.47 Å². The fraction of sp³-hybridized carbons (Fsp3) is 0.286. The van der Waals surface area contributed by atoms with Crippen LogP contribution in [0.5, 0.6) is 11.5 Å². The van der Waals surface area contributed by atoms with E-state index in [2.05, 4.69) is 10.2 Å². The molecular weight excluding hydrogens is 228 g/mol. The maximum absolute atomic E-state index is 5.42. The molecule has 1 aromatic heterocycles. The molecule has 0 saturated carbocycles. The average molecular weight is 244 g/mol. The summed E-state index contributed by atoms with van der Waals surface area (Å²) in [5, 5.41) is 8.21. The Hall–Kier alpha value is -2.10. The van der Waals surface area contributed by atoms with Crippen LogP contribution < -0.4 is 9.47 Å². The molecule has 0 aliphatic heterocycles. The molecule has 0 aliphatic carbocycles. The van der Waals surface area contributed by atoms with Gasteiger partial charge in [0.25, 0.3) is 0 Å². The van der Waals surface area contributed by atoms with Crippen LogP contribution in [-0.4, -0.2) is 24.4 Å². The topological polar surface area (TPSA) is 44.2 Å². The number of aryl methyl sites for hydroxylation is 1. The summed E-state index contributed by atoms with van der Waals surface area (Å²) in [6.07, 6.45) is 1.76. The van der Waals surface area contributed by atoms with Gasteiger partial charge in [0, 0.05) is 5.56 Å². The quantitative estimate of drug-likeness (QED) is 0.832. The molecule has 0 atom stereocenters. The molecule has 2 rings (SSSR count). The maximum Gasteiger partial charge on any atom is 0.170 e. The SMILES string of the molecule is COc1cccc(-c2nncc(C)c2C)c1OC. The molecule has 0 unspecified atom stereocenters. The molecule has 2 aromatic rings. The molecule has 94 valence electrons. The number of aromatic nitrogens is 2. The van der Waals surface area contributed by atoms with Crippen molar-refractivity contribution >= 4 is 0 Å². The second-order valence-electron chi connectivity index (χ2n) is 4.04. The molecule has 4 nitrogen and oxygen atoms in total. The largest absolute Gasteiger partial charge is 0.493 e. The number of benzene rings is 1. The molecule has 0 bridgehead atoms. The van der Waals surface area contributed by atoms with Crippen molar-refractivity contribution in [3.05, 3.63) is 35.5 Å². The van der Waals surface area contributed by atoms with Crippen molar-refractivity contribution in [2.75, 3.05) is 14.2 Å². The molecule has 18 heavy (non-hydrogen) atoms. The Balaban J connectivity index is 2.67. The van der Waals surface area contributed by atoms with Gasteiger partial charge in [-0.15, -0.1) is 0 Å². The zero-order valence-corrected chi connectivity index (χ0v) is 11.0. The van der Waals surface area contributed by atoms with E-state index in [0.29, 0.717) is 11.5 Å². The minimum absolute atomic E-state index is 0.683. The van der Waals surface area contributed by atoms with E-state index in [1.54, 1.807) is 20.4 Å². The van der Waals surface area contributed by atoms with E-state index in [9.17, 15) is 0 Å². The van der Waals surface area contributed by atoms with E-state index in [1.807, 2.05) is 32.0 Å². The monoisotopic (exact) mass is 244 g/mol. The standard InChI is InChI=1S/C14H16N2O2/c1-9-8-15-16-13(10(9)2)11-6-5-7-12(17-3)14(11)18-4/h5-8H,1-4H3. The predicted molar refractivity (Wildman–Crippen MR) is 70.0 cm³/mol. The Bertz CT molecular complexity index is 568. The molecule has 1 aromatic carbocycles. The van der Waals surface area contributed by atoms with Gasteiger partial charge in [0.2, 0.25) is 0 Å². The molecule has 0 saturated heterocycles. The Labute approximate surface area is 107 Å². The zero-order chi connectivity index (χ0) is 13.1. The number of rotatable bonds is 3. The van der Waals surface area contributed by atoms with Crippen molar-refractivity contribution in [1.29, 1.82) is 0 Å². The zero-order valence-electron chi connectivity index (χ0n) is 11.0. The highest BCUT2D eigenvalue weighted by molar-refractivity contribution is 5.73. The summed E-state index contributed by atoms with van der Waals surface area (Å²) in [6, 6.07) is 5.73. The summed E-state index contributed by atoms with van der Waals surface area (Å²) in [7, 11) is 3.25. The third-order valence-electron chi connectivity index (χ3n) is 3.01. The minimum atomic E-state index is 0.683. The van der Waals surface area contributed by atoms with E-state index in [0.717, 1.165) is 22.4 Å². The van der Waals surface area contributed by atoms with E-state index in [1.165, 1.54) is 0 Å². The Morgan fingerprint density at radius 3 is 2.50 bits per heavy atom. The number of ether oxygens (including phenoxy) is 2. The summed E-state index contributed by atoms with van der Waals surface area (Å²) in [5.41, 5.74) is 3.91. The molecule has 0 fully saturated rings. The summed E-state index contributed by atoms with van der Waals surface area (Å²) in [5.74, 6) is 1.38. The van der Waals surface area contributed by atoms with Gasteiger partial charge in [0.05, 0.1) is 26.1 Å². The summed E-state index contributed by atoms with van der Waals surface area (Å²) in [6.45, 7) is 4.04. The highest BCUT2D eigenvalue weighted by Gasteiger charge is 2.15. The van der Waals surface area contributed by atoms with Gasteiger partial charge >= 0.3 is 0 Å². The molecular formula is C14H16N2O2. The number of hydrogen-bond donors (Lipinski definition) is 0. The van der Waals surface area contributed by atoms with Crippen molar-refractivity contribution in [3.8, 4) is 22.8 Å². The fourth-order valence-electron chi connectivity index (χ4n) is 1.86. The van der Waals surface area contributed by atoms with E-state index >= 15 is 0 Å². The predicted octanol–water partition coefficient (Wildman–Crippen LogP) is 2.78. The number of methoxy groups -OCH3 is 2. The van der Waals surface area contributed by atoms with Gasteiger partial charge in [-0.2, -0.15) is 10.2 Å². The van der Waals surface area contributed by atoms with Gasteiger partial charge in [-0.05, 0) is 37.1 Å². The van der Waals surface area contributed by atoms with Crippen LogP contribution >= 0.6 is 0 Å². The van der Waals surface area contributed by atoms with Crippen molar-refractivity contribution in [3.63, 3.8) is 0 Å². The second kappa shape index (κ2) is 5.04. The highest BCUT2D eigenvalue weighted by Crippen LogP contribution is 2.38. The van der Waals surface area contributed by atoms with Gasteiger partial charge in [0.1, 0.15) is 0 Å². The first-order chi connectivity index (χ1) is 8.69. The van der Waals surface area contributed by atoms with E-state index in [4.69, 9.17) is 9.47 Å². The number of para-hydroxylation sites is 1. The van der Waals surface area contributed by atoms with Crippen molar-refractivity contribution in [2.45, 2.75) is 13.8 Å². The highest BCUT2D eigenvalue weighted by atomic mass is 16.5. The second-order valence-corrected chi connectivity index (χ2v) is 4.04. The minimum Gasteiger partial charge on any atom is -0.493 e. The van der Waals surface area contributed by atoms with Crippen LogP contribution in [0.3, 0.4) is 0 Å². The van der Waals surface area contributed by atoms with Crippen LogP contribution in [0.25, 0.3) is 11.3 Å². The van der Waals surface area contributed by atoms with Crippen molar-refractivity contribution in [1.82, 2.24) is 10.2 Å². The fourth-order valence-corrected chi connectivity index (χ4v) is 1.86. The third kappa shape index (κ3) is 2.01. The van der Waals surface area contributed by atoms with Crippen LogP contribution in [0, 0.1) is 13.8 Å². The molecule has 1 heterocycles. The molecule has 4 heteroatoms. The van der Waals surface area contributed by atoms with Gasteiger partial charge < -0.3 is 9.47 Å². The lowest BCUT2D eigenvalue weighted by molar-refractivity contribution is 0.356. The molecule has 0 aliphatic rings. The lowest BCUT2D eigenvalue weighted by Gasteiger charge is -2.13. The number of nitrogens with zero attached hydrogens (tertiary/aromatic N) is 2. The van der Waals surface area contributed by atoms with Gasteiger partial charge in [-0.3, -0.25) is 0 Å². The van der Waals surface area contributed by atoms with Crippen LogP contribution in [0.2, 0.25) is 0 Å². The van der Waals surface area contributed by atoms with E-state index < -0.39 is 0 Å². The molecule has 0 spiro atoms. The summed E-state index contributed by atoms with van der Waals surface area (Å²) >= 11 is 0. The normalized spacial score (nSPS) is 10.2. The molecule has 0 N–H and O–H groups in total. The first kappa shape index (κ1) is 12.4. The Morgan fingerprint density at radius 2 is 1.83 bits per heavy atom. The van der Waals surface area contributed by atoms with Gasteiger partial charge in [-0.1, -0.05) is 6.07 Å². The van der Waals surface area contributed by atoms with Crippen LogP contribution in [0.15, 0.2) is 24.4 Å². The molecule has 0 radical (unpaired) electrons. The third-order valence-corrected chi connectivity index (χ3v) is 3.01. The van der Waals surface area contributed by atoms with Gasteiger partial charge in [0.15, 0.2) is 11.5 Å².